The molecule has 16 heavy (non-hydrogen) atoms. The van der Waals surface area contributed by atoms with E-state index in [2.05, 4.69) is 4.98 Å². The smallest absolute Gasteiger partial charge is 0.270 e. The summed E-state index contributed by atoms with van der Waals surface area (Å²) in [5.41, 5.74) is 1.00. The van der Waals surface area contributed by atoms with Crippen LogP contribution in [0.1, 0.15) is 47.5 Å². The normalized spacial score (nSPS) is 10.1. The maximum Gasteiger partial charge on any atom is 0.270 e. The zero-order chi connectivity index (χ0) is 12.0. The van der Waals surface area contributed by atoms with Crippen LogP contribution < -0.4 is 0 Å². The zero-order valence-electron chi connectivity index (χ0n) is 9.82. The molecule has 0 aliphatic heterocycles. The van der Waals surface area contributed by atoms with Crippen molar-refractivity contribution in [3.05, 3.63) is 23.5 Å². The standard InChI is InChI=1S/C12H18N2O2/c1-3-5-14(6-4-2)12(16)11-7-10(9-15)8-13-11/h7-9,13H,3-6H2,1-2H3. The Balaban J connectivity index is 2.76. The van der Waals surface area contributed by atoms with Crippen LogP contribution in [0.15, 0.2) is 12.3 Å². The number of aldehydes is 1. The van der Waals surface area contributed by atoms with Crippen LogP contribution in [0.3, 0.4) is 0 Å². The molecule has 0 saturated carbocycles. The van der Waals surface area contributed by atoms with E-state index in [1.54, 1.807) is 17.2 Å². The van der Waals surface area contributed by atoms with Crippen molar-refractivity contribution in [2.75, 3.05) is 13.1 Å². The number of nitrogens with one attached hydrogen (secondary N) is 1. The molecule has 1 aromatic rings. The van der Waals surface area contributed by atoms with E-state index in [0.29, 0.717) is 11.3 Å². The highest BCUT2D eigenvalue weighted by Gasteiger charge is 2.15. The highest BCUT2D eigenvalue weighted by molar-refractivity contribution is 5.94. The molecular weight excluding hydrogens is 204 g/mol. The second-order valence-corrected chi connectivity index (χ2v) is 3.76. The van der Waals surface area contributed by atoms with Crippen molar-refractivity contribution in [1.82, 2.24) is 9.88 Å². The third kappa shape index (κ3) is 2.95. The molecule has 88 valence electrons. The van der Waals surface area contributed by atoms with Crippen molar-refractivity contribution < 1.29 is 9.59 Å². The Morgan fingerprint density at radius 1 is 1.38 bits per heavy atom. The molecule has 0 atom stereocenters. The molecule has 1 aromatic heterocycles. The van der Waals surface area contributed by atoms with E-state index in [1.807, 2.05) is 13.8 Å². The Bertz CT molecular complexity index is 352. The van der Waals surface area contributed by atoms with Gasteiger partial charge in [-0.25, -0.2) is 0 Å². The lowest BCUT2D eigenvalue weighted by atomic mass is 10.3. The van der Waals surface area contributed by atoms with Gasteiger partial charge in [-0.1, -0.05) is 13.8 Å². The largest absolute Gasteiger partial charge is 0.356 e. The number of H-pyrrole nitrogens is 1. The fraction of sp³-hybridized carbons (Fsp3) is 0.500. The lowest BCUT2D eigenvalue weighted by Gasteiger charge is -2.20. The van der Waals surface area contributed by atoms with Crippen LogP contribution in [0.4, 0.5) is 0 Å². The van der Waals surface area contributed by atoms with Crippen molar-refractivity contribution >= 4 is 12.2 Å². The molecule has 0 fully saturated rings. The van der Waals surface area contributed by atoms with E-state index in [0.717, 1.165) is 32.2 Å². The molecule has 0 bridgehead atoms. The van der Waals surface area contributed by atoms with Gasteiger partial charge in [0.2, 0.25) is 0 Å². The molecule has 0 saturated heterocycles. The number of carbonyl (C=O) groups is 2. The van der Waals surface area contributed by atoms with E-state index in [4.69, 9.17) is 0 Å². The summed E-state index contributed by atoms with van der Waals surface area (Å²) in [6.07, 6.45) is 4.16. The molecule has 0 unspecified atom stereocenters. The van der Waals surface area contributed by atoms with Crippen LogP contribution in [0.2, 0.25) is 0 Å². The van der Waals surface area contributed by atoms with E-state index in [9.17, 15) is 9.59 Å². The van der Waals surface area contributed by atoms with Gasteiger partial charge in [-0.05, 0) is 18.9 Å². The summed E-state index contributed by atoms with van der Waals surface area (Å²) in [5, 5.41) is 0. The molecule has 1 amide bonds. The second kappa shape index (κ2) is 6.10. The molecule has 0 radical (unpaired) electrons. The summed E-state index contributed by atoms with van der Waals surface area (Å²) in [4.78, 5) is 27.2. The molecule has 4 heteroatoms. The number of nitrogens with zero attached hydrogens (tertiary/aromatic N) is 1. The van der Waals surface area contributed by atoms with Crippen molar-refractivity contribution in [2.24, 2.45) is 0 Å². The SMILES string of the molecule is CCCN(CCC)C(=O)c1cc(C=O)c[nH]1. The third-order valence-corrected chi connectivity index (χ3v) is 2.35. The van der Waals surface area contributed by atoms with E-state index in [-0.39, 0.29) is 5.91 Å². The maximum atomic E-state index is 12.0. The molecule has 1 rings (SSSR count). The first-order valence-electron chi connectivity index (χ1n) is 5.65. The summed E-state index contributed by atoms with van der Waals surface area (Å²) in [5.74, 6) is -0.0307. The van der Waals surface area contributed by atoms with Crippen LogP contribution in [0.25, 0.3) is 0 Å². The number of rotatable bonds is 6. The number of carbonyl (C=O) groups excluding carboxylic acids is 2. The minimum Gasteiger partial charge on any atom is -0.356 e. The van der Waals surface area contributed by atoms with E-state index >= 15 is 0 Å². The van der Waals surface area contributed by atoms with Gasteiger partial charge in [0.25, 0.3) is 5.91 Å². The fourth-order valence-corrected chi connectivity index (χ4v) is 1.63. The first-order valence-corrected chi connectivity index (χ1v) is 5.65. The molecule has 0 spiro atoms. The first-order chi connectivity index (χ1) is 7.72. The van der Waals surface area contributed by atoms with Crippen LogP contribution in [-0.2, 0) is 0 Å². The number of hydrogen-bond donors (Lipinski definition) is 1. The summed E-state index contributed by atoms with van der Waals surface area (Å²) in [7, 11) is 0. The van der Waals surface area contributed by atoms with Crippen LogP contribution in [0.5, 0.6) is 0 Å². The van der Waals surface area contributed by atoms with Gasteiger partial charge in [-0.3, -0.25) is 9.59 Å². The Morgan fingerprint density at radius 3 is 2.44 bits per heavy atom. The second-order valence-electron chi connectivity index (χ2n) is 3.76. The van der Waals surface area contributed by atoms with Gasteiger partial charge in [-0.15, -0.1) is 0 Å². The topological polar surface area (TPSA) is 53.2 Å². The lowest BCUT2D eigenvalue weighted by Crippen LogP contribution is -2.32. The van der Waals surface area contributed by atoms with Crippen LogP contribution >= 0.6 is 0 Å². The van der Waals surface area contributed by atoms with Gasteiger partial charge in [0.05, 0.1) is 0 Å². The molecule has 0 aliphatic carbocycles. The van der Waals surface area contributed by atoms with Crippen molar-refractivity contribution in [3.63, 3.8) is 0 Å². The molecule has 0 aromatic carbocycles. The third-order valence-electron chi connectivity index (χ3n) is 2.35. The lowest BCUT2D eigenvalue weighted by molar-refractivity contribution is 0.0750. The summed E-state index contributed by atoms with van der Waals surface area (Å²) < 4.78 is 0. The Labute approximate surface area is 95.6 Å². The van der Waals surface area contributed by atoms with Gasteiger partial charge in [-0.2, -0.15) is 0 Å². The number of aromatic amines is 1. The zero-order valence-corrected chi connectivity index (χ0v) is 9.82. The van der Waals surface area contributed by atoms with E-state index in [1.165, 1.54) is 0 Å². The number of aromatic nitrogens is 1. The monoisotopic (exact) mass is 222 g/mol. The van der Waals surface area contributed by atoms with Gasteiger partial charge in [0.1, 0.15) is 5.69 Å². The van der Waals surface area contributed by atoms with Crippen LogP contribution in [-0.4, -0.2) is 35.2 Å². The first kappa shape index (κ1) is 12.5. The quantitative estimate of drug-likeness (QED) is 0.749. The van der Waals surface area contributed by atoms with Gasteiger partial charge >= 0.3 is 0 Å². The Kier molecular flexibility index (Phi) is 4.76. The minimum atomic E-state index is -0.0307. The summed E-state index contributed by atoms with van der Waals surface area (Å²) >= 11 is 0. The van der Waals surface area contributed by atoms with Crippen molar-refractivity contribution in [3.8, 4) is 0 Å². The molecule has 0 aliphatic rings. The minimum absolute atomic E-state index is 0.0307. The van der Waals surface area contributed by atoms with Gasteiger partial charge in [0.15, 0.2) is 6.29 Å². The molecular formula is C12H18N2O2. The van der Waals surface area contributed by atoms with Crippen molar-refractivity contribution in [2.45, 2.75) is 26.7 Å². The molecule has 1 heterocycles. The highest BCUT2D eigenvalue weighted by atomic mass is 16.2. The van der Waals surface area contributed by atoms with Crippen molar-refractivity contribution in [1.29, 1.82) is 0 Å². The number of amides is 1. The Morgan fingerprint density at radius 2 is 2.00 bits per heavy atom. The number of hydrogen-bond acceptors (Lipinski definition) is 2. The van der Waals surface area contributed by atoms with Gasteiger partial charge in [0, 0.05) is 24.8 Å². The summed E-state index contributed by atoms with van der Waals surface area (Å²) in [6, 6.07) is 1.59. The summed E-state index contributed by atoms with van der Waals surface area (Å²) in [6.45, 7) is 5.59. The predicted molar refractivity (Wildman–Crippen MR) is 62.7 cm³/mol. The van der Waals surface area contributed by atoms with Gasteiger partial charge < -0.3 is 9.88 Å². The van der Waals surface area contributed by atoms with E-state index < -0.39 is 0 Å². The van der Waals surface area contributed by atoms with Crippen LogP contribution in [0, 0.1) is 0 Å². The highest BCUT2D eigenvalue weighted by Crippen LogP contribution is 2.06. The molecule has 1 N–H and O–H groups in total. The molecule has 4 nitrogen and oxygen atoms in total. The fourth-order valence-electron chi connectivity index (χ4n) is 1.63. The predicted octanol–water partition coefficient (Wildman–Crippen LogP) is 2.09. The average Bonchev–Trinajstić information content (AvgIpc) is 2.76. The average molecular weight is 222 g/mol. The Hall–Kier alpha value is -1.58. The maximum absolute atomic E-state index is 12.0.